The molecule has 1 aliphatic rings. The van der Waals surface area contributed by atoms with E-state index < -0.39 is 29.6 Å². The van der Waals surface area contributed by atoms with Crippen molar-refractivity contribution in [1.82, 2.24) is 0 Å². The minimum atomic E-state index is -1.25. The number of carboxylic acids is 1. The number of amides is 2. The smallest absolute Gasteiger partial charge is 0.257 e. The highest BCUT2D eigenvalue weighted by atomic mass is 16.5. The van der Waals surface area contributed by atoms with E-state index in [2.05, 4.69) is 10.6 Å². The van der Waals surface area contributed by atoms with Crippen molar-refractivity contribution in [3.63, 3.8) is 0 Å². The van der Waals surface area contributed by atoms with Gasteiger partial charge >= 0.3 is 0 Å². The van der Waals surface area contributed by atoms with Crippen molar-refractivity contribution < 1.29 is 24.2 Å². The summed E-state index contributed by atoms with van der Waals surface area (Å²) in [5, 5.41) is 16.8. The number of ether oxygens (including phenoxy) is 1. The highest BCUT2D eigenvalue weighted by Crippen LogP contribution is 2.27. The minimum Gasteiger partial charge on any atom is -0.550 e. The zero-order valence-corrected chi connectivity index (χ0v) is 15.9. The summed E-state index contributed by atoms with van der Waals surface area (Å²) < 4.78 is 5.09. The van der Waals surface area contributed by atoms with Crippen LogP contribution in [0.25, 0.3) is 0 Å². The van der Waals surface area contributed by atoms with Crippen LogP contribution in [0.15, 0.2) is 60.7 Å². The van der Waals surface area contributed by atoms with Crippen LogP contribution in [0.1, 0.15) is 23.2 Å². The van der Waals surface area contributed by atoms with Gasteiger partial charge in [-0.15, -0.1) is 0 Å². The summed E-state index contributed by atoms with van der Waals surface area (Å²) in [6, 6.07) is 13.4. The monoisotopic (exact) mass is 393 g/mol. The van der Waals surface area contributed by atoms with Crippen LogP contribution >= 0.6 is 0 Å². The molecule has 0 aromatic heterocycles. The molecule has 2 aromatic rings. The average Bonchev–Trinajstić information content (AvgIpc) is 2.74. The highest BCUT2D eigenvalue weighted by molar-refractivity contribution is 6.10. The van der Waals surface area contributed by atoms with E-state index in [0.717, 1.165) is 0 Å². The predicted octanol–water partition coefficient (Wildman–Crippen LogP) is 2.22. The normalized spacial score (nSPS) is 18.0. The molecular weight excluding hydrogens is 372 g/mol. The van der Waals surface area contributed by atoms with Crippen LogP contribution in [-0.4, -0.2) is 24.9 Å². The third-order valence-corrected chi connectivity index (χ3v) is 4.85. The molecule has 2 amide bonds. The number of hydrogen-bond donors (Lipinski definition) is 2. The van der Waals surface area contributed by atoms with Crippen molar-refractivity contribution >= 4 is 29.2 Å². The maximum absolute atomic E-state index is 12.7. The molecule has 7 heteroatoms. The molecule has 0 spiro atoms. The number of carbonyl (C=O) groups is 3. The van der Waals surface area contributed by atoms with E-state index >= 15 is 0 Å². The summed E-state index contributed by atoms with van der Waals surface area (Å²) in [7, 11) is 1.56. The lowest BCUT2D eigenvalue weighted by Crippen LogP contribution is -2.41. The number of para-hydroxylation sites is 1. The quantitative estimate of drug-likeness (QED) is 0.732. The van der Waals surface area contributed by atoms with Gasteiger partial charge in [-0.1, -0.05) is 24.3 Å². The zero-order chi connectivity index (χ0) is 20.8. The number of hydrogen-bond acceptors (Lipinski definition) is 5. The second-order valence-corrected chi connectivity index (χ2v) is 6.69. The summed E-state index contributed by atoms with van der Waals surface area (Å²) in [4.78, 5) is 36.8. The van der Waals surface area contributed by atoms with Crippen molar-refractivity contribution in [2.45, 2.75) is 12.8 Å². The summed E-state index contributed by atoms with van der Waals surface area (Å²) in [6.07, 6.45) is 4.08. The molecule has 1 aliphatic carbocycles. The number of benzene rings is 2. The fraction of sp³-hybridized carbons (Fsp3) is 0.227. The number of nitrogens with one attached hydrogen (secondary N) is 2. The number of rotatable bonds is 6. The number of anilines is 2. The average molecular weight is 393 g/mol. The summed E-state index contributed by atoms with van der Waals surface area (Å²) in [6.45, 7) is 0. The van der Waals surface area contributed by atoms with E-state index in [1.54, 1.807) is 67.8 Å². The third-order valence-electron chi connectivity index (χ3n) is 4.85. The molecule has 150 valence electrons. The Hall–Kier alpha value is -3.61. The van der Waals surface area contributed by atoms with Gasteiger partial charge in [0.1, 0.15) is 5.75 Å². The van der Waals surface area contributed by atoms with Gasteiger partial charge in [-0.3, -0.25) is 9.59 Å². The molecule has 2 atom stereocenters. The molecule has 7 nitrogen and oxygen atoms in total. The largest absolute Gasteiger partial charge is 0.550 e. The molecule has 0 fully saturated rings. The van der Waals surface area contributed by atoms with Crippen LogP contribution in [0.4, 0.5) is 11.4 Å². The van der Waals surface area contributed by atoms with E-state index in [1.165, 1.54) is 0 Å². The second-order valence-electron chi connectivity index (χ2n) is 6.69. The molecule has 0 aliphatic heterocycles. The van der Waals surface area contributed by atoms with Crippen molar-refractivity contribution in [3.8, 4) is 5.75 Å². The molecule has 2 aromatic carbocycles. The molecule has 29 heavy (non-hydrogen) atoms. The molecular formula is C22H21N2O5-. The standard InChI is InChI=1S/C22H22N2O5/c1-29-15-12-10-14(11-13-15)23-21(26)18-8-4-5-9-19(18)24-20(25)16-6-2-3-7-17(16)22(27)28/h2-5,8-13,16-17H,6-7H2,1H3,(H,23,26)(H,24,25)(H,27,28)/p-1/t16-,17-/m1/s1. The van der Waals surface area contributed by atoms with Crippen LogP contribution in [0, 0.1) is 11.8 Å². The Labute approximate surface area is 168 Å². The molecule has 0 bridgehead atoms. The number of carbonyl (C=O) groups excluding carboxylic acids is 3. The van der Waals surface area contributed by atoms with Gasteiger partial charge in [-0.05, 0) is 49.2 Å². The van der Waals surface area contributed by atoms with Gasteiger partial charge in [-0.25, -0.2) is 0 Å². The second kappa shape index (κ2) is 9.05. The van der Waals surface area contributed by atoms with Gasteiger partial charge in [-0.2, -0.15) is 0 Å². The lowest BCUT2D eigenvalue weighted by molar-refractivity contribution is -0.313. The lowest BCUT2D eigenvalue weighted by atomic mass is 9.82. The summed E-state index contributed by atoms with van der Waals surface area (Å²) in [5.74, 6) is -3.07. The Bertz CT molecular complexity index is 936. The molecule has 3 rings (SSSR count). The predicted molar refractivity (Wildman–Crippen MR) is 106 cm³/mol. The lowest BCUT2D eigenvalue weighted by Gasteiger charge is -2.28. The van der Waals surface area contributed by atoms with Crippen LogP contribution in [0.2, 0.25) is 0 Å². The van der Waals surface area contributed by atoms with Crippen LogP contribution in [0.5, 0.6) is 5.75 Å². The fourth-order valence-electron chi connectivity index (χ4n) is 3.25. The Morgan fingerprint density at radius 1 is 0.931 bits per heavy atom. The Balaban J connectivity index is 1.75. The van der Waals surface area contributed by atoms with Crippen molar-refractivity contribution in [2.24, 2.45) is 11.8 Å². The third kappa shape index (κ3) is 4.82. The molecule has 2 N–H and O–H groups in total. The van der Waals surface area contributed by atoms with Crippen LogP contribution in [0.3, 0.4) is 0 Å². The Morgan fingerprint density at radius 3 is 2.24 bits per heavy atom. The molecule has 0 saturated carbocycles. The SMILES string of the molecule is COc1ccc(NC(=O)c2ccccc2NC(=O)[C@@H]2CC=CC[C@H]2C(=O)[O-])cc1. The van der Waals surface area contributed by atoms with Gasteiger partial charge in [0.25, 0.3) is 5.91 Å². The van der Waals surface area contributed by atoms with E-state index in [4.69, 9.17) is 4.74 Å². The van der Waals surface area contributed by atoms with E-state index in [9.17, 15) is 19.5 Å². The zero-order valence-electron chi connectivity index (χ0n) is 15.9. The first-order valence-corrected chi connectivity index (χ1v) is 9.20. The maximum Gasteiger partial charge on any atom is 0.257 e. The van der Waals surface area contributed by atoms with Crippen molar-refractivity contribution in [1.29, 1.82) is 0 Å². The first kappa shape index (κ1) is 20.1. The van der Waals surface area contributed by atoms with E-state index in [-0.39, 0.29) is 12.0 Å². The molecule has 0 radical (unpaired) electrons. The highest BCUT2D eigenvalue weighted by Gasteiger charge is 2.30. The summed E-state index contributed by atoms with van der Waals surface area (Å²) >= 11 is 0. The maximum atomic E-state index is 12.7. The van der Waals surface area contributed by atoms with Gasteiger partial charge in [0.05, 0.1) is 24.3 Å². The Kier molecular flexibility index (Phi) is 6.29. The van der Waals surface area contributed by atoms with Crippen molar-refractivity contribution in [3.05, 3.63) is 66.2 Å². The van der Waals surface area contributed by atoms with E-state index in [0.29, 0.717) is 23.5 Å². The molecule has 0 heterocycles. The van der Waals surface area contributed by atoms with Crippen LogP contribution in [-0.2, 0) is 9.59 Å². The van der Waals surface area contributed by atoms with Gasteiger partial charge in [0.15, 0.2) is 0 Å². The number of methoxy groups -OCH3 is 1. The van der Waals surface area contributed by atoms with Gasteiger partial charge in [0, 0.05) is 17.6 Å². The fourth-order valence-corrected chi connectivity index (χ4v) is 3.25. The topological polar surface area (TPSA) is 108 Å². The van der Waals surface area contributed by atoms with Crippen LogP contribution < -0.4 is 20.5 Å². The number of allylic oxidation sites excluding steroid dienone is 2. The van der Waals surface area contributed by atoms with Crippen molar-refractivity contribution in [2.75, 3.05) is 17.7 Å². The first-order chi connectivity index (χ1) is 14.0. The van der Waals surface area contributed by atoms with Gasteiger partial charge < -0.3 is 25.3 Å². The molecule has 0 saturated heterocycles. The first-order valence-electron chi connectivity index (χ1n) is 9.20. The van der Waals surface area contributed by atoms with E-state index in [1.807, 2.05) is 0 Å². The number of aliphatic carboxylic acids is 1. The Morgan fingerprint density at radius 2 is 1.59 bits per heavy atom. The molecule has 0 unspecified atom stereocenters. The number of carboxylic acid groups (broad SMARTS) is 1. The summed E-state index contributed by atoms with van der Waals surface area (Å²) in [5.41, 5.74) is 1.16. The minimum absolute atomic E-state index is 0.250. The van der Waals surface area contributed by atoms with Gasteiger partial charge in [0.2, 0.25) is 5.91 Å².